The van der Waals surface area contributed by atoms with Crippen molar-refractivity contribution >= 4 is 35.2 Å². The number of carbonyl (C=O) groups is 2. The molecule has 0 fully saturated rings. The lowest BCUT2D eigenvalue weighted by Crippen LogP contribution is -2.32. The molecule has 0 aromatic heterocycles. The monoisotopic (exact) mass is 326 g/mol. The van der Waals surface area contributed by atoms with Crippen LogP contribution in [-0.4, -0.2) is 29.9 Å². The molecular formula is C14H12Cl2N2O3. The Morgan fingerprint density at radius 1 is 1.33 bits per heavy atom. The van der Waals surface area contributed by atoms with Crippen LogP contribution in [0.5, 0.6) is 5.75 Å². The van der Waals surface area contributed by atoms with E-state index in [1.54, 1.807) is 18.2 Å². The van der Waals surface area contributed by atoms with Crippen LogP contribution in [0.1, 0.15) is 10.4 Å². The molecule has 0 bridgehead atoms. The Balaban J connectivity index is 2.15. The zero-order chi connectivity index (χ0) is 15.4. The van der Waals surface area contributed by atoms with Gasteiger partial charge in [-0.25, -0.2) is 0 Å². The maximum atomic E-state index is 12.1. The molecule has 0 aliphatic carbocycles. The van der Waals surface area contributed by atoms with Gasteiger partial charge in [-0.05, 0) is 18.2 Å². The number of carbonyl (C=O) groups excluding carboxylic acids is 2. The number of imide groups is 1. The van der Waals surface area contributed by atoms with E-state index in [1.165, 1.54) is 29.9 Å². The van der Waals surface area contributed by atoms with Crippen LogP contribution >= 0.6 is 23.4 Å². The Morgan fingerprint density at radius 2 is 2.10 bits per heavy atom. The third-order valence-corrected chi connectivity index (χ3v) is 3.22. The first-order valence-corrected chi connectivity index (χ1v) is 6.73. The Bertz CT molecular complexity index is 641. The fraction of sp³-hybridized carbons (Fsp3) is 0.143. The molecule has 0 spiro atoms. The number of nitrogens with one attached hydrogen (secondary N) is 1. The topological polar surface area (TPSA) is 58.6 Å². The molecule has 2 rings (SSSR count). The van der Waals surface area contributed by atoms with Gasteiger partial charge in [-0.15, -0.1) is 0 Å². The molecule has 1 aromatic rings. The number of halogens is 2. The minimum absolute atomic E-state index is 0.221. The molecule has 0 saturated heterocycles. The molecule has 7 heteroatoms. The Morgan fingerprint density at radius 3 is 2.76 bits per heavy atom. The molecular weight excluding hydrogens is 315 g/mol. The number of hydrogen-bond acceptors (Lipinski definition) is 4. The summed E-state index contributed by atoms with van der Waals surface area (Å²) in [6, 6.07) is 4.54. The van der Waals surface area contributed by atoms with E-state index in [1.807, 2.05) is 0 Å². The Hall–Kier alpha value is -1.98. The average molecular weight is 327 g/mol. The van der Waals surface area contributed by atoms with Gasteiger partial charge in [-0.3, -0.25) is 19.3 Å². The normalized spacial score (nSPS) is 13.7. The van der Waals surface area contributed by atoms with E-state index in [0.29, 0.717) is 17.3 Å². The van der Waals surface area contributed by atoms with Crippen molar-refractivity contribution in [1.82, 2.24) is 9.74 Å². The summed E-state index contributed by atoms with van der Waals surface area (Å²) in [4.78, 5) is 24.1. The van der Waals surface area contributed by atoms with Crippen LogP contribution < -0.4 is 10.1 Å². The maximum Gasteiger partial charge on any atom is 0.261 e. The van der Waals surface area contributed by atoms with Crippen molar-refractivity contribution in [2.75, 3.05) is 13.7 Å². The highest BCUT2D eigenvalue weighted by Crippen LogP contribution is 2.23. The highest BCUT2D eigenvalue weighted by Gasteiger charge is 2.18. The first-order valence-electron chi connectivity index (χ1n) is 6.01. The lowest BCUT2D eigenvalue weighted by atomic mass is 10.1. The molecule has 0 unspecified atom stereocenters. The van der Waals surface area contributed by atoms with Gasteiger partial charge in [0.05, 0.1) is 24.8 Å². The first kappa shape index (κ1) is 15.4. The third-order valence-electron chi connectivity index (χ3n) is 2.75. The summed E-state index contributed by atoms with van der Waals surface area (Å²) in [5.74, 6) is -0.826. The summed E-state index contributed by atoms with van der Waals surface area (Å²) in [5, 5.41) is 2.71. The summed E-state index contributed by atoms with van der Waals surface area (Å²) in [6.07, 6.45) is 4.76. The van der Waals surface area contributed by atoms with Crippen molar-refractivity contribution in [2.45, 2.75) is 0 Å². The van der Waals surface area contributed by atoms with Crippen molar-refractivity contribution in [2.24, 2.45) is 0 Å². The zero-order valence-electron chi connectivity index (χ0n) is 11.1. The summed E-state index contributed by atoms with van der Waals surface area (Å²) in [7, 11) is 1.42. The first-order chi connectivity index (χ1) is 10.0. The molecule has 0 radical (unpaired) electrons. The number of methoxy groups -OCH3 is 1. The van der Waals surface area contributed by atoms with Crippen LogP contribution in [0.2, 0.25) is 5.02 Å². The predicted molar refractivity (Wildman–Crippen MR) is 80.3 cm³/mol. The van der Waals surface area contributed by atoms with Gasteiger partial charge in [-0.1, -0.05) is 23.8 Å². The number of benzene rings is 1. The molecule has 2 amide bonds. The number of hydrogen-bond donors (Lipinski definition) is 1. The summed E-state index contributed by atoms with van der Waals surface area (Å²) >= 11 is 11.6. The van der Waals surface area contributed by atoms with Gasteiger partial charge >= 0.3 is 0 Å². The number of rotatable bonds is 3. The van der Waals surface area contributed by atoms with Crippen molar-refractivity contribution < 1.29 is 14.3 Å². The highest BCUT2D eigenvalue weighted by molar-refractivity contribution is 6.31. The summed E-state index contributed by atoms with van der Waals surface area (Å²) in [6.45, 7) is 0.497. The van der Waals surface area contributed by atoms with Crippen molar-refractivity contribution in [3.05, 3.63) is 52.7 Å². The van der Waals surface area contributed by atoms with Gasteiger partial charge in [0.15, 0.2) is 0 Å². The van der Waals surface area contributed by atoms with Gasteiger partial charge in [-0.2, -0.15) is 0 Å². The fourth-order valence-corrected chi connectivity index (χ4v) is 2.10. The Kier molecular flexibility index (Phi) is 4.88. The average Bonchev–Trinajstić information content (AvgIpc) is 2.46. The van der Waals surface area contributed by atoms with E-state index in [0.717, 1.165) is 0 Å². The second-order valence-corrected chi connectivity index (χ2v) is 5.07. The van der Waals surface area contributed by atoms with E-state index in [-0.39, 0.29) is 11.1 Å². The Labute approximate surface area is 131 Å². The molecule has 21 heavy (non-hydrogen) atoms. The second-order valence-electron chi connectivity index (χ2n) is 4.20. The van der Waals surface area contributed by atoms with Gasteiger partial charge in [0.2, 0.25) is 0 Å². The number of amides is 2. The van der Waals surface area contributed by atoms with E-state index < -0.39 is 11.8 Å². The van der Waals surface area contributed by atoms with Gasteiger partial charge in [0, 0.05) is 23.0 Å². The van der Waals surface area contributed by atoms with E-state index in [9.17, 15) is 9.59 Å². The molecule has 1 N–H and O–H groups in total. The van der Waals surface area contributed by atoms with Crippen LogP contribution in [-0.2, 0) is 4.79 Å². The maximum absolute atomic E-state index is 12.1. The molecule has 1 aliphatic rings. The smallest absolute Gasteiger partial charge is 0.261 e. The summed E-state index contributed by atoms with van der Waals surface area (Å²) < 4.78 is 6.40. The molecule has 1 aromatic carbocycles. The minimum Gasteiger partial charge on any atom is -0.496 e. The van der Waals surface area contributed by atoms with E-state index in [4.69, 9.17) is 28.1 Å². The minimum atomic E-state index is -0.575. The van der Waals surface area contributed by atoms with E-state index in [2.05, 4.69) is 5.32 Å². The van der Waals surface area contributed by atoms with Gasteiger partial charge in [0.25, 0.3) is 11.8 Å². The van der Waals surface area contributed by atoms with Gasteiger partial charge in [0.1, 0.15) is 5.75 Å². The number of nitrogens with zero attached hydrogens (tertiary/aromatic N) is 1. The number of ether oxygens (including phenoxy) is 1. The molecule has 0 atom stereocenters. The molecule has 1 aliphatic heterocycles. The highest BCUT2D eigenvalue weighted by atomic mass is 35.5. The molecule has 5 nitrogen and oxygen atoms in total. The van der Waals surface area contributed by atoms with Crippen LogP contribution in [0.3, 0.4) is 0 Å². The fourth-order valence-electron chi connectivity index (χ4n) is 1.76. The van der Waals surface area contributed by atoms with Gasteiger partial charge < -0.3 is 4.74 Å². The molecule has 110 valence electrons. The largest absolute Gasteiger partial charge is 0.496 e. The van der Waals surface area contributed by atoms with E-state index >= 15 is 0 Å². The SMILES string of the molecule is COc1cc(Cl)ccc1C(=O)NC(=O)C1=CN(Cl)CC=C1. The standard InChI is InChI=1S/C14H12Cl2N2O3/c1-21-12-7-10(15)4-5-11(12)14(20)17-13(19)9-3-2-6-18(16)8-9/h2-5,7-8H,6H2,1H3,(H,17,19,20). The zero-order valence-corrected chi connectivity index (χ0v) is 12.6. The summed E-state index contributed by atoms with van der Waals surface area (Å²) in [5.41, 5.74) is 0.510. The lowest BCUT2D eigenvalue weighted by molar-refractivity contribution is -0.116. The van der Waals surface area contributed by atoms with Crippen LogP contribution in [0.25, 0.3) is 0 Å². The predicted octanol–water partition coefficient (Wildman–Crippen LogP) is 2.51. The van der Waals surface area contributed by atoms with Crippen LogP contribution in [0, 0.1) is 0 Å². The third kappa shape index (κ3) is 3.77. The van der Waals surface area contributed by atoms with Crippen LogP contribution in [0.15, 0.2) is 42.1 Å². The molecule has 1 heterocycles. The second kappa shape index (κ2) is 6.65. The lowest BCUT2D eigenvalue weighted by Gasteiger charge is -2.14. The van der Waals surface area contributed by atoms with Crippen molar-refractivity contribution in [1.29, 1.82) is 0 Å². The van der Waals surface area contributed by atoms with Crippen LogP contribution in [0.4, 0.5) is 0 Å². The van der Waals surface area contributed by atoms with Crippen molar-refractivity contribution in [3.8, 4) is 5.75 Å². The molecule has 0 saturated carbocycles. The quantitative estimate of drug-likeness (QED) is 0.685. The van der Waals surface area contributed by atoms with Crippen molar-refractivity contribution in [3.63, 3.8) is 0 Å².